The van der Waals surface area contributed by atoms with E-state index in [9.17, 15) is 35.1 Å². The van der Waals surface area contributed by atoms with Crippen LogP contribution in [0.1, 0.15) is 0 Å². The van der Waals surface area contributed by atoms with E-state index >= 15 is 0 Å². The van der Waals surface area contributed by atoms with Gasteiger partial charge in [0.1, 0.15) is 11.8 Å². The molecule has 2 nitrogen and oxygen atoms in total. The summed E-state index contributed by atoms with van der Waals surface area (Å²) < 4.78 is 95.0. The second-order valence-electron chi connectivity index (χ2n) is 2.47. The van der Waals surface area contributed by atoms with Crippen molar-refractivity contribution in [3.05, 3.63) is 11.3 Å². The second-order valence-corrected chi connectivity index (χ2v) is 2.47. The molecule has 0 aliphatic rings. The number of halogens is 8. The zero-order chi connectivity index (χ0) is 13.4. The molecule has 0 saturated heterocycles. The molecule has 10 heteroatoms. The number of allylic oxidation sites excluding steroid dienone is 2. The van der Waals surface area contributed by atoms with Gasteiger partial charge in [0.25, 0.3) is 0 Å². The lowest BCUT2D eigenvalue weighted by molar-refractivity contribution is -0.265. The normalized spacial score (nSPS) is 15.4. The Morgan fingerprint density at radius 2 is 1.31 bits per heavy atom. The van der Waals surface area contributed by atoms with Crippen LogP contribution in [-0.2, 0) is 0 Å². The summed E-state index contributed by atoms with van der Waals surface area (Å²) in [5, 5.41) is 7.85. The van der Waals surface area contributed by atoms with Crippen molar-refractivity contribution in [1.29, 1.82) is 5.26 Å². The average Bonchev–Trinajstić information content (AvgIpc) is 2.00. The molecule has 0 aliphatic heterocycles. The summed E-state index contributed by atoms with van der Waals surface area (Å²) in [7, 11) is 0. The third-order valence-electron chi connectivity index (χ3n) is 1.36. The summed E-state index contributed by atoms with van der Waals surface area (Å²) in [5.41, 5.74) is -1.59. The minimum Gasteiger partial charge on any atom is -0.396 e. The Kier molecular flexibility index (Phi) is 3.44. The third kappa shape index (κ3) is 2.53. The first-order valence-corrected chi connectivity index (χ1v) is 3.27. The summed E-state index contributed by atoms with van der Waals surface area (Å²) in [6.45, 7) is 0. The Morgan fingerprint density at radius 3 is 1.50 bits per heavy atom. The summed E-state index contributed by atoms with van der Waals surface area (Å²) in [6, 6.07) is 0.170. The SMILES string of the molecule is N#C/C(=C(\N)C(F)(F)C(F)(F)F)C(F)(F)F. The van der Waals surface area contributed by atoms with Crippen LogP contribution in [0.4, 0.5) is 35.1 Å². The Bertz CT molecular complexity index is 341. The van der Waals surface area contributed by atoms with Crippen LogP contribution in [0.5, 0.6) is 0 Å². The molecule has 0 saturated carbocycles. The van der Waals surface area contributed by atoms with Gasteiger partial charge in [-0.2, -0.15) is 40.4 Å². The first-order valence-electron chi connectivity index (χ1n) is 3.27. The third-order valence-corrected chi connectivity index (χ3v) is 1.36. The fourth-order valence-corrected chi connectivity index (χ4v) is 0.586. The van der Waals surface area contributed by atoms with Crippen molar-refractivity contribution in [3.8, 4) is 6.07 Å². The number of rotatable bonds is 1. The van der Waals surface area contributed by atoms with Gasteiger partial charge < -0.3 is 5.73 Å². The number of nitrogens with two attached hydrogens (primary N) is 1. The molecule has 0 atom stereocenters. The van der Waals surface area contributed by atoms with E-state index in [4.69, 9.17) is 5.26 Å². The Hall–Kier alpha value is -1.53. The molecule has 0 radical (unpaired) electrons. The standard InChI is InChI=1S/C6H2F8N2/c7-4(8,6(12,13)14)3(16)2(1-15)5(9,10)11/h16H2/b3-2+. The number of hydrogen-bond donors (Lipinski definition) is 1. The smallest absolute Gasteiger partial charge is 0.396 e. The second kappa shape index (κ2) is 3.80. The van der Waals surface area contributed by atoms with Crippen molar-refractivity contribution in [1.82, 2.24) is 0 Å². The zero-order valence-electron chi connectivity index (χ0n) is 7.05. The highest BCUT2D eigenvalue weighted by Gasteiger charge is 2.62. The van der Waals surface area contributed by atoms with E-state index in [1.165, 1.54) is 0 Å². The van der Waals surface area contributed by atoms with E-state index in [2.05, 4.69) is 5.73 Å². The minimum atomic E-state index is -6.30. The van der Waals surface area contributed by atoms with Crippen molar-refractivity contribution in [2.75, 3.05) is 0 Å². The molecule has 0 unspecified atom stereocenters. The Balaban J connectivity index is 5.75. The predicted molar refractivity (Wildman–Crippen MR) is 33.9 cm³/mol. The molecule has 0 bridgehead atoms. The Labute approximate surface area is 82.9 Å². The quantitative estimate of drug-likeness (QED) is 0.577. The summed E-state index contributed by atoms with van der Waals surface area (Å²) in [5.74, 6) is -5.91. The van der Waals surface area contributed by atoms with E-state index < -0.39 is 29.5 Å². The molecule has 2 N–H and O–H groups in total. The van der Waals surface area contributed by atoms with Gasteiger partial charge in [0.2, 0.25) is 0 Å². The maximum Gasteiger partial charge on any atom is 0.459 e. The monoisotopic (exact) mass is 254 g/mol. The summed E-state index contributed by atoms with van der Waals surface area (Å²) in [6.07, 6.45) is -12.0. The number of hydrogen-bond acceptors (Lipinski definition) is 2. The largest absolute Gasteiger partial charge is 0.459 e. The van der Waals surface area contributed by atoms with Crippen LogP contribution in [0.3, 0.4) is 0 Å². The molecule has 0 aliphatic carbocycles. The van der Waals surface area contributed by atoms with Crippen LogP contribution < -0.4 is 5.73 Å². The van der Waals surface area contributed by atoms with Crippen LogP contribution in [0.15, 0.2) is 11.3 Å². The van der Waals surface area contributed by atoms with Crippen LogP contribution in [0.25, 0.3) is 0 Å². The average molecular weight is 254 g/mol. The molecule has 0 spiro atoms. The van der Waals surface area contributed by atoms with Crippen LogP contribution in [0, 0.1) is 11.3 Å². The summed E-state index contributed by atoms with van der Waals surface area (Å²) >= 11 is 0. The van der Waals surface area contributed by atoms with Crippen molar-refractivity contribution in [3.63, 3.8) is 0 Å². The molecule has 0 aromatic carbocycles. The van der Waals surface area contributed by atoms with Crippen molar-refractivity contribution < 1.29 is 35.1 Å². The highest BCUT2D eigenvalue weighted by atomic mass is 19.4. The fraction of sp³-hybridized carbons (Fsp3) is 0.500. The van der Waals surface area contributed by atoms with Crippen LogP contribution in [-0.4, -0.2) is 18.3 Å². The predicted octanol–water partition coefficient (Wildman–Crippen LogP) is 2.48. The molecular weight excluding hydrogens is 252 g/mol. The van der Waals surface area contributed by atoms with Crippen molar-refractivity contribution in [2.24, 2.45) is 5.73 Å². The topological polar surface area (TPSA) is 49.8 Å². The number of alkyl halides is 8. The van der Waals surface area contributed by atoms with Gasteiger partial charge in [-0.25, -0.2) is 0 Å². The maximum atomic E-state index is 12.3. The lowest BCUT2D eigenvalue weighted by Crippen LogP contribution is -2.43. The van der Waals surface area contributed by atoms with E-state index in [-0.39, 0.29) is 6.07 Å². The molecule has 0 heterocycles. The Morgan fingerprint density at radius 1 is 0.938 bits per heavy atom. The molecule has 0 fully saturated rings. The molecule has 0 aromatic rings. The number of nitrogens with zero attached hydrogens (tertiary/aromatic N) is 1. The van der Waals surface area contributed by atoms with Gasteiger partial charge in [0.05, 0.1) is 0 Å². The maximum absolute atomic E-state index is 12.3. The van der Waals surface area contributed by atoms with E-state index in [1.54, 1.807) is 0 Å². The van der Waals surface area contributed by atoms with Gasteiger partial charge in [0.15, 0.2) is 5.57 Å². The lowest BCUT2D eigenvalue weighted by atomic mass is 10.1. The number of nitriles is 1. The molecule has 0 amide bonds. The van der Waals surface area contributed by atoms with E-state index in [1.807, 2.05) is 0 Å². The van der Waals surface area contributed by atoms with Crippen LogP contribution >= 0.6 is 0 Å². The van der Waals surface area contributed by atoms with E-state index in [0.717, 1.165) is 0 Å². The molecular formula is C6H2F8N2. The molecule has 0 aromatic heterocycles. The van der Waals surface area contributed by atoms with Gasteiger partial charge in [-0.1, -0.05) is 0 Å². The minimum absolute atomic E-state index is 0.170. The zero-order valence-corrected chi connectivity index (χ0v) is 7.05. The molecule has 0 rings (SSSR count). The first-order chi connectivity index (χ1) is 6.85. The fourth-order valence-electron chi connectivity index (χ4n) is 0.586. The van der Waals surface area contributed by atoms with Crippen molar-refractivity contribution >= 4 is 0 Å². The van der Waals surface area contributed by atoms with E-state index in [0.29, 0.717) is 0 Å². The van der Waals surface area contributed by atoms with Gasteiger partial charge in [-0.05, 0) is 0 Å². The van der Waals surface area contributed by atoms with Crippen molar-refractivity contribution in [2.45, 2.75) is 18.3 Å². The molecule has 92 valence electrons. The van der Waals surface area contributed by atoms with Gasteiger partial charge in [-0.15, -0.1) is 0 Å². The van der Waals surface area contributed by atoms with Gasteiger partial charge in [0, 0.05) is 0 Å². The highest BCUT2D eigenvalue weighted by Crippen LogP contribution is 2.42. The van der Waals surface area contributed by atoms with Gasteiger partial charge >= 0.3 is 18.3 Å². The molecule has 16 heavy (non-hydrogen) atoms. The summed E-state index contributed by atoms with van der Waals surface area (Å²) in [4.78, 5) is 0. The lowest BCUT2D eigenvalue weighted by Gasteiger charge is -2.21. The van der Waals surface area contributed by atoms with Gasteiger partial charge in [-0.3, -0.25) is 0 Å². The van der Waals surface area contributed by atoms with Crippen LogP contribution in [0.2, 0.25) is 0 Å². The highest BCUT2D eigenvalue weighted by molar-refractivity contribution is 5.35. The first kappa shape index (κ1) is 14.5.